The molecule has 8 nitrogen and oxygen atoms in total. The summed E-state index contributed by atoms with van der Waals surface area (Å²) in [6.45, 7) is 0. The third-order valence-electron chi connectivity index (χ3n) is 17.0. The predicted molar refractivity (Wildman–Crippen MR) is 396 cm³/mol. The van der Waals surface area contributed by atoms with Crippen molar-refractivity contribution >= 4 is 69.3 Å². The molecular weight excluding hydrogens is 1260 g/mol. The fraction of sp³-hybridized carbons (Fsp3) is 0.0238. The number of benzene rings is 12. The van der Waals surface area contributed by atoms with E-state index in [1.54, 1.807) is 0 Å². The summed E-state index contributed by atoms with van der Waals surface area (Å²) in [5.74, 6) is -1.58. The number of nitrogens with zero attached hydrogens (tertiary/aromatic N) is 8. The molecule has 0 atom stereocenters. The van der Waals surface area contributed by atoms with Gasteiger partial charge in [0.05, 0.1) is 65.7 Å². The summed E-state index contributed by atoms with van der Waals surface area (Å²) in [6.07, 6.45) is 0. The van der Waals surface area contributed by atoms with E-state index in [2.05, 4.69) is 106 Å². The molecule has 12 aromatic carbocycles. The average Bonchev–Trinajstić information content (AvgIpc) is 1.50. The van der Waals surface area contributed by atoms with Gasteiger partial charge in [0.2, 0.25) is 0 Å². The average molecular weight is 1320 g/mol. The number of hydrogen-bond donors (Lipinski definition) is 0. The second-order valence-electron chi connectivity index (χ2n) is 22.9. The molecule has 0 amide bonds. The van der Waals surface area contributed by atoms with Gasteiger partial charge >= 0.3 is 0 Å². The van der Waals surface area contributed by atoms with Crippen molar-refractivity contribution in [3.8, 4) is 67.8 Å². The van der Waals surface area contributed by atoms with E-state index < -0.39 is 11.6 Å². The number of aromatic nitrogens is 4. The molecule has 460 valence electrons. The molecule has 16 rings (SSSR count). The minimum atomic E-state index is -1.41. The molecule has 0 fully saturated rings. The molecule has 4 heterocycles. The van der Waals surface area contributed by atoms with Gasteiger partial charge in [-0.05, 0) is 36.4 Å². The summed E-state index contributed by atoms with van der Waals surface area (Å²) < 4.78 is 4.26. The summed E-state index contributed by atoms with van der Waals surface area (Å²) in [5, 5.41) is 2.20. The first-order valence-electron chi connectivity index (χ1n) is 31.4. The van der Waals surface area contributed by atoms with Crippen molar-refractivity contribution in [2.75, 3.05) is 0 Å². The lowest BCUT2D eigenvalue weighted by molar-refractivity contribution is 0.409. The van der Waals surface area contributed by atoms with Gasteiger partial charge in [0.15, 0.2) is 0 Å². The zero-order valence-electron chi connectivity index (χ0n) is 51.4. The Morgan fingerprint density at radius 3 is 0.698 bits per heavy atom. The standard InChI is InChI=1S/2C42H28Cl2N4/c2*43-35-27-15-13-25-33(35)41-45-39(31-21-9-3-10-22-31)40(32-23-11-4-12-24-32)48(41)42(34-26-14-16-28-36(34)44)46-37(29-17-5-1-6-18-29)38(47-42)30-19-7-2-8-20-30/h2*1-28H. The Hall–Kier alpha value is -11.1. The molecule has 0 saturated heterocycles. The first-order valence-corrected chi connectivity index (χ1v) is 32.9. The second kappa shape index (κ2) is 26.7. The van der Waals surface area contributed by atoms with Crippen LogP contribution in [0.15, 0.2) is 360 Å². The second-order valence-corrected chi connectivity index (χ2v) is 24.5. The summed E-state index contributed by atoms with van der Waals surface area (Å²) in [5.41, 5.74) is 16.8. The van der Waals surface area contributed by atoms with Crippen molar-refractivity contribution < 1.29 is 0 Å². The van der Waals surface area contributed by atoms with Crippen LogP contribution in [0.4, 0.5) is 0 Å². The predicted octanol–water partition coefficient (Wildman–Crippen LogP) is 21.7. The van der Waals surface area contributed by atoms with Crippen molar-refractivity contribution in [1.82, 2.24) is 19.1 Å². The Morgan fingerprint density at radius 1 is 0.219 bits per heavy atom. The van der Waals surface area contributed by atoms with Crippen LogP contribution in [-0.2, 0) is 11.6 Å². The van der Waals surface area contributed by atoms with Crippen molar-refractivity contribution in [1.29, 1.82) is 0 Å². The van der Waals surface area contributed by atoms with E-state index >= 15 is 0 Å². The van der Waals surface area contributed by atoms with Gasteiger partial charge in [0.1, 0.15) is 11.6 Å². The van der Waals surface area contributed by atoms with Crippen LogP contribution < -0.4 is 0 Å². The lowest BCUT2D eigenvalue weighted by Gasteiger charge is -2.30. The fourth-order valence-corrected chi connectivity index (χ4v) is 13.6. The largest absolute Gasteiger partial charge is 0.275 e. The number of rotatable bonds is 14. The minimum Gasteiger partial charge on any atom is -0.275 e. The maximum Gasteiger partial charge on any atom is 0.263 e. The van der Waals surface area contributed by atoms with Crippen LogP contribution in [0.2, 0.25) is 20.1 Å². The molecule has 0 bridgehead atoms. The molecule has 0 spiro atoms. The van der Waals surface area contributed by atoms with Crippen LogP contribution in [0.25, 0.3) is 67.8 Å². The van der Waals surface area contributed by atoms with Crippen LogP contribution in [0.5, 0.6) is 0 Å². The van der Waals surface area contributed by atoms with Crippen LogP contribution in [-0.4, -0.2) is 41.9 Å². The first kappa shape index (κ1) is 61.1. The molecule has 12 heteroatoms. The number of aliphatic imine (C=N–C) groups is 4. The fourth-order valence-electron chi connectivity index (χ4n) is 12.6. The van der Waals surface area contributed by atoms with Gasteiger partial charge in [-0.25, -0.2) is 29.9 Å². The Bertz CT molecular complexity index is 4810. The number of imidazole rings is 2. The molecule has 0 radical (unpaired) electrons. The van der Waals surface area contributed by atoms with E-state index in [0.29, 0.717) is 42.9 Å². The van der Waals surface area contributed by atoms with Crippen molar-refractivity contribution in [3.63, 3.8) is 0 Å². The highest BCUT2D eigenvalue weighted by Gasteiger charge is 2.48. The van der Waals surface area contributed by atoms with Crippen LogP contribution in [0.3, 0.4) is 0 Å². The lowest BCUT2D eigenvalue weighted by atomic mass is 10.0. The minimum absolute atomic E-state index is 0.533. The monoisotopic (exact) mass is 1320 g/mol. The van der Waals surface area contributed by atoms with E-state index in [0.717, 1.165) is 101 Å². The van der Waals surface area contributed by atoms with Gasteiger partial charge in [-0.1, -0.05) is 350 Å². The van der Waals surface area contributed by atoms with Gasteiger partial charge in [0, 0.05) is 66.8 Å². The van der Waals surface area contributed by atoms with E-state index in [9.17, 15) is 0 Å². The molecule has 0 unspecified atom stereocenters. The number of hydrogen-bond acceptors (Lipinski definition) is 6. The molecular formula is C84H56Cl4N8. The van der Waals surface area contributed by atoms with Crippen molar-refractivity contribution in [3.05, 3.63) is 393 Å². The Labute approximate surface area is 576 Å². The lowest BCUT2D eigenvalue weighted by Crippen LogP contribution is -2.31. The first-order chi connectivity index (χ1) is 47.3. The smallest absolute Gasteiger partial charge is 0.263 e. The zero-order valence-corrected chi connectivity index (χ0v) is 54.4. The van der Waals surface area contributed by atoms with E-state index in [4.69, 9.17) is 76.3 Å². The van der Waals surface area contributed by atoms with Crippen LogP contribution in [0, 0.1) is 0 Å². The van der Waals surface area contributed by atoms with Crippen molar-refractivity contribution in [2.45, 2.75) is 11.6 Å². The highest BCUT2D eigenvalue weighted by molar-refractivity contribution is 6.55. The molecule has 14 aromatic rings. The molecule has 96 heavy (non-hydrogen) atoms. The Kier molecular flexibility index (Phi) is 17.0. The van der Waals surface area contributed by atoms with Crippen LogP contribution in [0.1, 0.15) is 33.4 Å². The molecule has 2 aliphatic rings. The normalized spacial score (nSPS) is 13.6. The quantitative estimate of drug-likeness (QED) is 0.109. The molecule has 0 aliphatic carbocycles. The highest BCUT2D eigenvalue weighted by Crippen LogP contribution is 2.51. The zero-order chi connectivity index (χ0) is 65.0. The molecule has 2 aliphatic heterocycles. The third kappa shape index (κ3) is 11.4. The summed E-state index contributed by atoms with van der Waals surface area (Å²) in [4.78, 5) is 33.5. The van der Waals surface area contributed by atoms with Gasteiger partial charge in [0.25, 0.3) is 11.6 Å². The third-order valence-corrected chi connectivity index (χ3v) is 18.3. The molecule has 0 N–H and O–H groups in total. The van der Waals surface area contributed by atoms with Gasteiger partial charge in [-0.2, -0.15) is 0 Å². The summed E-state index contributed by atoms with van der Waals surface area (Å²) in [7, 11) is 0. The Morgan fingerprint density at radius 2 is 0.438 bits per heavy atom. The van der Waals surface area contributed by atoms with E-state index in [1.807, 2.05) is 243 Å². The van der Waals surface area contributed by atoms with E-state index in [1.165, 1.54) is 0 Å². The van der Waals surface area contributed by atoms with E-state index in [-0.39, 0.29) is 0 Å². The van der Waals surface area contributed by atoms with Gasteiger partial charge in [-0.3, -0.25) is 9.13 Å². The van der Waals surface area contributed by atoms with Crippen molar-refractivity contribution in [2.24, 2.45) is 20.0 Å². The summed E-state index contributed by atoms with van der Waals surface area (Å²) >= 11 is 28.4. The maximum absolute atomic E-state index is 7.18. The molecule has 0 saturated carbocycles. The maximum atomic E-state index is 7.18. The highest BCUT2D eigenvalue weighted by atomic mass is 35.5. The summed E-state index contributed by atoms with van der Waals surface area (Å²) in [6, 6.07) is 113. The Balaban J connectivity index is 0.000000158. The SMILES string of the molecule is Clc1ccccc1-c1nc(-c2ccccc2)c(-c2ccccc2)n1C1(c2ccccc2Cl)N=C(c2ccccc2)C(c2ccccc2)=N1.Clc1ccccc1-c1nc(-c2ccccc2)c(-c2ccccc2)n1C1(c2ccccc2Cl)N=C(c2ccccc2)C(c2ccccc2)=N1. The van der Waals surface area contributed by atoms with Gasteiger partial charge < -0.3 is 0 Å². The number of halogens is 4. The topological polar surface area (TPSA) is 85.1 Å². The van der Waals surface area contributed by atoms with Crippen LogP contribution >= 0.6 is 46.4 Å². The van der Waals surface area contributed by atoms with Gasteiger partial charge in [-0.15, -0.1) is 0 Å². The molecule has 2 aromatic heterocycles.